The Morgan fingerprint density at radius 3 is 2.73 bits per heavy atom. The van der Waals surface area contributed by atoms with E-state index in [1.165, 1.54) is 19.3 Å². The van der Waals surface area contributed by atoms with Gasteiger partial charge in [0.2, 0.25) is 0 Å². The van der Waals surface area contributed by atoms with Gasteiger partial charge >= 0.3 is 0 Å². The third kappa shape index (κ3) is 2.80. The molecule has 0 aliphatic heterocycles. The van der Waals surface area contributed by atoms with Crippen LogP contribution in [0.2, 0.25) is 0 Å². The zero-order chi connectivity index (χ0) is 8.10. The summed E-state index contributed by atoms with van der Waals surface area (Å²) in [6.45, 7) is 4.12. The van der Waals surface area contributed by atoms with Crippen molar-refractivity contribution in [2.24, 2.45) is 5.92 Å². The lowest BCUT2D eigenvalue weighted by Crippen LogP contribution is -2.33. The largest absolute Gasteiger partial charge is 0.393 e. The summed E-state index contributed by atoms with van der Waals surface area (Å²) in [6, 6.07) is 0. The van der Waals surface area contributed by atoms with Gasteiger partial charge in [-0.3, -0.25) is 0 Å². The molecule has 1 rings (SSSR count). The van der Waals surface area contributed by atoms with Crippen LogP contribution in [0.3, 0.4) is 0 Å². The fourth-order valence-corrected chi connectivity index (χ4v) is 1.76. The minimum absolute atomic E-state index is 0.0391. The summed E-state index contributed by atoms with van der Waals surface area (Å²) in [7, 11) is 0. The van der Waals surface area contributed by atoms with Gasteiger partial charge in [0.15, 0.2) is 0 Å². The van der Waals surface area contributed by atoms with Crippen molar-refractivity contribution in [1.82, 2.24) is 5.32 Å². The first-order valence-corrected chi connectivity index (χ1v) is 4.73. The molecule has 2 heteroatoms. The van der Waals surface area contributed by atoms with E-state index in [1.807, 2.05) is 0 Å². The molecular formula is C9H19NO. The Morgan fingerprint density at radius 1 is 1.36 bits per heavy atom. The Bertz CT molecular complexity index is 106. The van der Waals surface area contributed by atoms with E-state index in [4.69, 9.17) is 0 Å². The molecule has 0 spiro atoms. The first-order chi connectivity index (χ1) is 5.34. The second-order valence-corrected chi connectivity index (χ2v) is 3.42. The summed E-state index contributed by atoms with van der Waals surface area (Å²) in [5.74, 6) is 0.517. The average Bonchev–Trinajstić information content (AvgIpc) is 2.03. The third-order valence-electron chi connectivity index (χ3n) is 2.53. The molecule has 66 valence electrons. The minimum Gasteiger partial charge on any atom is -0.393 e. The third-order valence-corrected chi connectivity index (χ3v) is 2.53. The van der Waals surface area contributed by atoms with Crippen molar-refractivity contribution in [2.75, 3.05) is 13.1 Å². The van der Waals surface area contributed by atoms with Crippen molar-refractivity contribution in [2.45, 2.75) is 38.7 Å². The number of nitrogens with one attached hydrogen (secondary N) is 1. The van der Waals surface area contributed by atoms with E-state index < -0.39 is 0 Å². The Labute approximate surface area is 69.0 Å². The van der Waals surface area contributed by atoms with Gasteiger partial charge in [-0.2, -0.15) is 0 Å². The van der Waals surface area contributed by atoms with E-state index >= 15 is 0 Å². The molecule has 0 aromatic heterocycles. The van der Waals surface area contributed by atoms with Crippen LogP contribution in [0.15, 0.2) is 0 Å². The van der Waals surface area contributed by atoms with Gasteiger partial charge in [0, 0.05) is 6.54 Å². The van der Waals surface area contributed by atoms with Crippen LogP contribution in [0, 0.1) is 5.92 Å². The van der Waals surface area contributed by atoms with Gasteiger partial charge in [-0.25, -0.2) is 0 Å². The SMILES string of the molecule is CCNC[C@@H]1CCCC[C@H]1O. The first kappa shape index (κ1) is 9.01. The second-order valence-electron chi connectivity index (χ2n) is 3.42. The molecule has 0 aromatic rings. The van der Waals surface area contributed by atoms with E-state index in [0.717, 1.165) is 19.5 Å². The Balaban J connectivity index is 2.18. The molecule has 11 heavy (non-hydrogen) atoms. The highest BCUT2D eigenvalue weighted by Crippen LogP contribution is 2.23. The van der Waals surface area contributed by atoms with Crippen LogP contribution in [0.5, 0.6) is 0 Å². The van der Waals surface area contributed by atoms with E-state index in [0.29, 0.717) is 5.92 Å². The standard InChI is InChI=1S/C9H19NO/c1-2-10-7-8-5-3-4-6-9(8)11/h8-11H,2-7H2,1H3/t8-,9+/m0/s1. The predicted octanol–water partition coefficient (Wildman–Crippen LogP) is 1.15. The summed E-state index contributed by atoms with van der Waals surface area (Å²) in [4.78, 5) is 0. The van der Waals surface area contributed by atoms with E-state index in [9.17, 15) is 5.11 Å². The molecule has 0 bridgehead atoms. The summed E-state index contributed by atoms with van der Waals surface area (Å²) >= 11 is 0. The predicted molar refractivity (Wildman–Crippen MR) is 46.5 cm³/mol. The summed E-state index contributed by atoms with van der Waals surface area (Å²) in [5.41, 5.74) is 0. The van der Waals surface area contributed by atoms with Crippen molar-refractivity contribution < 1.29 is 5.11 Å². The average molecular weight is 157 g/mol. The molecule has 1 fully saturated rings. The van der Waals surface area contributed by atoms with E-state index in [-0.39, 0.29) is 6.10 Å². The molecule has 0 aromatic carbocycles. The monoisotopic (exact) mass is 157 g/mol. The molecule has 1 aliphatic carbocycles. The normalized spacial score (nSPS) is 32.2. The number of hydrogen-bond acceptors (Lipinski definition) is 2. The van der Waals surface area contributed by atoms with Crippen molar-refractivity contribution in [3.63, 3.8) is 0 Å². The number of hydrogen-bond donors (Lipinski definition) is 2. The van der Waals surface area contributed by atoms with Crippen LogP contribution in [-0.2, 0) is 0 Å². The molecule has 0 unspecified atom stereocenters. The van der Waals surface area contributed by atoms with Crippen LogP contribution < -0.4 is 5.32 Å². The first-order valence-electron chi connectivity index (χ1n) is 4.73. The van der Waals surface area contributed by atoms with Crippen LogP contribution >= 0.6 is 0 Å². The molecule has 0 saturated heterocycles. The Hall–Kier alpha value is -0.0800. The van der Waals surface area contributed by atoms with Crippen LogP contribution in [-0.4, -0.2) is 24.3 Å². The zero-order valence-electron chi connectivity index (χ0n) is 7.34. The molecule has 0 heterocycles. The summed E-state index contributed by atoms with van der Waals surface area (Å²) < 4.78 is 0. The molecule has 1 aliphatic rings. The second kappa shape index (κ2) is 4.73. The zero-order valence-corrected chi connectivity index (χ0v) is 7.34. The van der Waals surface area contributed by atoms with Gasteiger partial charge in [-0.15, -0.1) is 0 Å². The van der Waals surface area contributed by atoms with Crippen LogP contribution in [0.4, 0.5) is 0 Å². The highest BCUT2D eigenvalue weighted by atomic mass is 16.3. The Morgan fingerprint density at radius 2 is 2.09 bits per heavy atom. The van der Waals surface area contributed by atoms with E-state index in [1.54, 1.807) is 0 Å². The number of rotatable bonds is 3. The lowest BCUT2D eigenvalue weighted by Gasteiger charge is -2.27. The topological polar surface area (TPSA) is 32.3 Å². The fourth-order valence-electron chi connectivity index (χ4n) is 1.76. The smallest absolute Gasteiger partial charge is 0.0580 e. The van der Waals surface area contributed by atoms with Gasteiger partial charge in [0.1, 0.15) is 0 Å². The van der Waals surface area contributed by atoms with Crippen molar-refractivity contribution in [1.29, 1.82) is 0 Å². The van der Waals surface area contributed by atoms with Gasteiger partial charge in [0.25, 0.3) is 0 Å². The molecule has 0 amide bonds. The van der Waals surface area contributed by atoms with Gasteiger partial charge in [-0.1, -0.05) is 19.8 Å². The fraction of sp³-hybridized carbons (Fsp3) is 1.00. The highest BCUT2D eigenvalue weighted by Gasteiger charge is 2.21. The maximum Gasteiger partial charge on any atom is 0.0580 e. The van der Waals surface area contributed by atoms with Gasteiger partial charge in [-0.05, 0) is 25.3 Å². The lowest BCUT2D eigenvalue weighted by molar-refractivity contribution is 0.0700. The summed E-state index contributed by atoms with van der Waals surface area (Å²) in [6.07, 6.45) is 4.68. The maximum atomic E-state index is 9.56. The van der Waals surface area contributed by atoms with Crippen molar-refractivity contribution in [3.8, 4) is 0 Å². The van der Waals surface area contributed by atoms with Crippen molar-refractivity contribution >= 4 is 0 Å². The molecule has 1 saturated carbocycles. The van der Waals surface area contributed by atoms with Crippen LogP contribution in [0.1, 0.15) is 32.6 Å². The lowest BCUT2D eigenvalue weighted by atomic mass is 9.86. The van der Waals surface area contributed by atoms with Crippen LogP contribution in [0.25, 0.3) is 0 Å². The molecule has 2 N–H and O–H groups in total. The molecular weight excluding hydrogens is 138 g/mol. The Kier molecular flexibility index (Phi) is 3.87. The highest BCUT2D eigenvalue weighted by molar-refractivity contribution is 4.75. The van der Waals surface area contributed by atoms with E-state index in [2.05, 4.69) is 12.2 Å². The molecule has 2 atom stereocenters. The molecule has 0 radical (unpaired) electrons. The quantitative estimate of drug-likeness (QED) is 0.644. The number of aliphatic hydroxyl groups excluding tert-OH is 1. The number of aliphatic hydroxyl groups is 1. The van der Waals surface area contributed by atoms with Gasteiger partial charge in [0.05, 0.1) is 6.10 Å². The molecule has 2 nitrogen and oxygen atoms in total. The summed E-state index contributed by atoms with van der Waals surface area (Å²) in [5, 5.41) is 12.8. The maximum absolute atomic E-state index is 9.56. The minimum atomic E-state index is -0.0391. The van der Waals surface area contributed by atoms with Gasteiger partial charge < -0.3 is 10.4 Å². The van der Waals surface area contributed by atoms with Crippen molar-refractivity contribution in [3.05, 3.63) is 0 Å².